The molecule has 2 heterocycles. The highest BCUT2D eigenvalue weighted by atomic mass is 32.1. The molecule has 3 aromatic rings. The summed E-state index contributed by atoms with van der Waals surface area (Å²) in [7, 11) is 1.66. The summed E-state index contributed by atoms with van der Waals surface area (Å²) in [6.45, 7) is 2.10. The number of aromatic nitrogens is 2. The van der Waals surface area contributed by atoms with Gasteiger partial charge in [-0.15, -0.1) is 11.3 Å². The molecule has 102 valence electrons. The van der Waals surface area contributed by atoms with Crippen molar-refractivity contribution in [2.75, 3.05) is 12.4 Å². The van der Waals surface area contributed by atoms with Crippen LogP contribution in [0.4, 0.5) is 5.69 Å². The summed E-state index contributed by atoms with van der Waals surface area (Å²) in [5, 5.41) is 7.60. The maximum absolute atomic E-state index is 5.36. The first-order valence-corrected chi connectivity index (χ1v) is 7.25. The second-order valence-corrected chi connectivity index (χ2v) is 5.38. The van der Waals surface area contributed by atoms with Gasteiger partial charge in [-0.25, -0.2) is 4.98 Å². The third-order valence-corrected chi connectivity index (χ3v) is 4.11. The Hall–Kier alpha value is -2.14. The van der Waals surface area contributed by atoms with Crippen molar-refractivity contribution in [1.29, 1.82) is 0 Å². The van der Waals surface area contributed by atoms with Crippen LogP contribution in [0.25, 0.3) is 10.9 Å². The zero-order valence-electron chi connectivity index (χ0n) is 11.3. The van der Waals surface area contributed by atoms with E-state index in [2.05, 4.69) is 22.2 Å². The standard InChI is InChI=1S/C15H15N3OS/c1-10(15-17-8-9-20-15)18-12-6-7-16-14-11(12)4-3-5-13(14)19-2/h3-10H,1-2H3,(H,16,18)/t10-/m1/s1. The lowest BCUT2D eigenvalue weighted by molar-refractivity contribution is 0.419. The number of para-hydroxylation sites is 1. The zero-order chi connectivity index (χ0) is 13.9. The van der Waals surface area contributed by atoms with E-state index >= 15 is 0 Å². The molecule has 1 aromatic carbocycles. The molecule has 0 bridgehead atoms. The lowest BCUT2D eigenvalue weighted by Crippen LogP contribution is -2.06. The molecule has 2 aromatic heterocycles. The molecule has 5 heteroatoms. The third kappa shape index (κ3) is 2.32. The van der Waals surface area contributed by atoms with Gasteiger partial charge in [0.2, 0.25) is 0 Å². The minimum atomic E-state index is 0.159. The van der Waals surface area contributed by atoms with Gasteiger partial charge >= 0.3 is 0 Å². The van der Waals surface area contributed by atoms with E-state index in [9.17, 15) is 0 Å². The molecule has 0 radical (unpaired) electrons. The monoisotopic (exact) mass is 285 g/mol. The van der Waals surface area contributed by atoms with E-state index in [-0.39, 0.29) is 6.04 Å². The van der Waals surface area contributed by atoms with Crippen molar-refractivity contribution in [1.82, 2.24) is 9.97 Å². The van der Waals surface area contributed by atoms with Crippen LogP contribution in [0.5, 0.6) is 5.75 Å². The van der Waals surface area contributed by atoms with Gasteiger partial charge in [0.25, 0.3) is 0 Å². The van der Waals surface area contributed by atoms with Crippen molar-refractivity contribution in [3.05, 3.63) is 47.0 Å². The summed E-state index contributed by atoms with van der Waals surface area (Å²) < 4.78 is 5.36. The van der Waals surface area contributed by atoms with Crippen LogP contribution in [-0.2, 0) is 0 Å². The molecule has 4 nitrogen and oxygen atoms in total. The molecule has 0 unspecified atom stereocenters. The van der Waals surface area contributed by atoms with Gasteiger partial charge in [-0.05, 0) is 19.1 Å². The molecule has 1 atom stereocenters. The molecule has 0 saturated heterocycles. The van der Waals surface area contributed by atoms with Crippen LogP contribution in [-0.4, -0.2) is 17.1 Å². The highest BCUT2D eigenvalue weighted by Crippen LogP contribution is 2.30. The summed E-state index contributed by atoms with van der Waals surface area (Å²) in [5.74, 6) is 0.785. The number of ether oxygens (including phenoxy) is 1. The molecule has 3 rings (SSSR count). The Morgan fingerprint density at radius 2 is 2.10 bits per heavy atom. The number of methoxy groups -OCH3 is 1. The predicted octanol–water partition coefficient (Wildman–Crippen LogP) is 3.87. The largest absolute Gasteiger partial charge is 0.494 e. The molecular weight excluding hydrogens is 270 g/mol. The van der Waals surface area contributed by atoms with Crippen molar-refractivity contribution in [2.24, 2.45) is 0 Å². The Balaban J connectivity index is 2.00. The van der Waals surface area contributed by atoms with E-state index in [1.165, 1.54) is 0 Å². The summed E-state index contributed by atoms with van der Waals surface area (Å²) in [5.41, 5.74) is 1.91. The smallest absolute Gasteiger partial charge is 0.145 e. The minimum Gasteiger partial charge on any atom is -0.494 e. The summed E-state index contributed by atoms with van der Waals surface area (Å²) >= 11 is 1.65. The zero-order valence-corrected chi connectivity index (χ0v) is 12.1. The molecule has 20 heavy (non-hydrogen) atoms. The number of benzene rings is 1. The highest BCUT2D eigenvalue weighted by Gasteiger charge is 2.11. The lowest BCUT2D eigenvalue weighted by Gasteiger charge is -2.15. The van der Waals surface area contributed by atoms with Gasteiger partial charge in [-0.2, -0.15) is 0 Å². The normalized spacial score (nSPS) is 12.3. The average molecular weight is 285 g/mol. The first-order chi connectivity index (χ1) is 9.79. The van der Waals surface area contributed by atoms with Crippen molar-refractivity contribution < 1.29 is 4.74 Å². The van der Waals surface area contributed by atoms with Gasteiger partial charge < -0.3 is 10.1 Å². The van der Waals surface area contributed by atoms with E-state index in [4.69, 9.17) is 4.74 Å². The Labute approximate surface area is 121 Å². The SMILES string of the molecule is COc1cccc2c(N[C@H](C)c3nccs3)ccnc12. The quantitative estimate of drug-likeness (QED) is 0.790. The van der Waals surface area contributed by atoms with Gasteiger partial charge in [0.1, 0.15) is 16.3 Å². The van der Waals surface area contributed by atoms with Crippen LogP contribution in [0.2, 0.25) is 0 Å². The van der Waals surface area contributed by atoms with Crippen molar-refractivity contribution >= 4 is 27.9 Å². The number of hydrogen-bond acceptors (Lipinski definition) is 5. The Morgan fingerprint density at radius 3 is 2.85 bits per heavy atom. The number of nitrogens with zero attached hydrogens (tertiary/aromatic N) is 2. The number of pyridine rings is 1. The van der Waals surface area contributed by atoms with Crippen LogP contribution in [0.15, 0.2) is 42.0 Å². The summed E-state index contributed by atoms with van der Waals surface area (Å²) in [4.78, 5) is 8.75. The van der Waals surface area contributed by atoms with E-state index in [0.29, 0.717) is 0 Å². The highest BCUT2D eigenvalue weighted by molar-refractivity contribution is 7.09. The Morgan fingerprint density at radius 1 is 1.20 bits per heavy atom. The van der Waals surface area contributed by atoms with Crippen LogP contribution < -0.4 is 10.1 Å². The predicted molar refractivity (Wildman–Crippen MR) is 82.4 cm³/mol. The molecular formula is C15H15N3OS. The van der Waals surface area contributed by atoms with E-state index in [1.807, 2.05) is 35.8 Å². The van der Waals surface area contributed by atoms with Crippen molar-refractivity contribution in [3.8, 4) is 5.75 Å². The van der Waals surface area contributed by atoms with Gasteiger partial charge in [0.05, 0.1) is 13.2 Å². The van der Waals surface area contributed by atoms with E-state index in [0.717, 1.165) is 27.3 Å². The molecule has 0 fully saturated rings. The lowest BCUT2D eigenvalue weighted by atomic mass is 10.1. The van der Waals surface area contributed by atoms with E-state index in [1.54, 1.807) is 24.6 Å². The molecule has 0 saturated carbocycles. The molecule has 1 N–H and O–H groups in total. The first-order valence-electron chi connectivity index (χ1n) is 6.37. The van der Waals surface area contributed by atoms with Crippen LogP contribution in [0, 0.1) is 0 Å². The molecule has 0 aliphatic carbocycles. The van der Waals surface area contributed by atoms with Crippen molar-refractivity contribution in [2.45, 2.75) is 13.0 Å². The van der Waals surface area contributed by atoms with Gasteiger partial charge in [-0.3, -0.25) is 4.98 Å². The fraction of sp³-hybridized carbons (Fsp3) is 0.200. The number of fused-ring (bicyclic) bond motifs is 1. The van der Waals surface area contributed by atoms with Crippen LogP contribution >= 0.6 is 11.3 Å². The van der Waals surface area contributed by atoms with Crippen LogP contribution in [0.1, 0.15) is 18.0 Å². The molecule has 0 spiro atoms. The minimum absolute atomic E-state index is 0.159. The Bertz CT molecular complexity index is 712. The van der Waals surface area contributed by atoms with Crippen molar-refractivity contribution in [3.63, 3.8) is 0 Å². The second kappa shape index (κ2) is 5.46. The average Bonchev–Trinajstić information content (AvgIpc) is 3.01. The van der Waals surface area contributed by atoms with Gasteiger partial charge in [-0.1, -0.05) is 12.1 Å². The second-order valence-electron chi connectivity index (χ2n) is 4.45. The third-order valence-electron chi connectivity index (χ3n) is 3.15. The van der Waals surface area contributed by atoms with Gasteiger partial charge in [0.15, 0.2) is 0 Å². The molecule has 0 aliphatic heterocycles. The number of anilines is 1. The fourth-order valence-corrected chi connectivity index (χ4v) is 2.83. The van der Waals surface area contributed by atoms with E-state index < -0.39 is 0 Å². The fourth-order valence-electron chi connectivity index (χ4n) is 2.18. The Kier molecular flexibility index (Phi) is 3.52. The number of nitrogens with one attached hydrogen (secondary N) is 1. The topological polar surface area (TPSA) is 47.0 Å². The number of rotatable bonds is 4. The first kappa shape index (κ1) is 12.9. The maximum Gasteiger partial charge on any atom is 0.145 e. The molecule has 0 amide bonds. The van der Waals surface area contributed by atoms with Gasteiger partial charge in [0, 0.05) is 28.8 Å². The number of thiazole rings is 1. The van der Waals surface area contributed by atoms with Crippen LogP contribution in [0.3, 0.4) is 0 Å². The molecule has 0 aliphatic rings. The summed E-state index contributed by atoms with van der Waals surface area (Å²) in [6, 6.07) is 8.07. The number of hydrogen-bond donors (Lipinski definition) is 1. The summed E-state index contributed by atoms with van der Waals surface area (Å²) in [6.07, 6.45) is 3.62. The maximum atomic E-state index is 5.36.